The van der Waals surface area contributed by atoms with E-state index in [9.17, 15) is 4.79 Å². The molecule has 0 aromatic rings. The standard InChI is InChI=1S/C16H34O.C3H6O/c1-3-4-5-6-7-8-9-10-11-12-13-14-15-16(2)17;1-3(2)4/h16-17H,3-15H2,1-2H3;1-2H3. The van der Waals surface area contributed by atoms with Gasteiger partial charge in [0.2, 0.25) is 0 Å². The molecule has 0 amide bonds. The second-order valence-electron chi connectivity index (χ2n) is 6.44. The summed E-state index contributed by atoms with van der Waals surface area (Å²) >= 11 is 0. The second-order valence-corrected chi connectivity index (χ2v) is 6.44. The molecule has 0 radical (unpaired) electrons. The fourth-order valence-electron chi connectivity index (χ4n) is 2.28. The van der Waals surface area contributed by atoms with E-state index in [-0.39, 0.29) is 11.9 Å². The Morgan fingerprint density at radius 1 is 0.762 bits per heavy atom. The molecular formula is C19H40O2. The molecule has 0 fully saturated rings. The van der Waals surface area contributed by atoms with Gasteiger partial charge in [-0.2, -0.15) is 0 Å². The lowest BCUT2D eigenvalue weighted by Gasteiger charge is -2.04. The zero-order chi connectivity index (χ0) is 16.3. The summed E-state index contributed by atoms with van der Waals surface area (Å²) in [6, 6.07) is 0. The molecule has 0 rings (SSSR count). The molecule has 1 N–H and O–H groups in total. The smallest absolute Gasteiger partial charge is 0.126 e. The number of rotatable bonds is 13. The SMILES string of the molecule is CC(C)=O.CCCCCCCCCCCCCCC(C)O. The molecule has 0 aromatic carbocycles. The van der Waals surface area contributed by atoms with E-state index in [4.69, 9.17) is 5.11 Å². The van der Waals surface area contributed by atoms with E-state index >= 15 is 0 Å². The first-order valence-corrected chi connectivity index (χ1v) is 9.16. The van der Waals surface area contributed by atoms with Crippen molar-refractivity contribution in [1.29, 1.82) is 0 Å². The van der Waals surface area contributed by atoms with E-state index in [1.807, 2.05) is 6.92 Å². The van der Waals surface area contributed by atoms with Crippen LogP contribution in [0.4, 0.5) is 0 Å². The van der Waals surface area contributed by atoms with Crippen LogP contribution in [-0.4, -0.2) is 17.0 Å². The second kappa shape index (κ2) is 19.6. The molecule has 0 aromatic heterocycles. The normalized spacial score (nSPS) is 11.7. The van der Waals surface area contributed by atoms with Gasteiger partial charge in [-0.1, -0.05) is 84.0 Å². The molecule has 128 valence electrons. The van der Waals surface area contributed by atoms with Gasteiger partial charge >= 0.3 is 0 Å². The van der Waals surface area contributed by atoms with Crippen molar-refractivity contribution in [3.8, 4) is 0 Å². The van der Waals surface area contributed by atoms with Crippen molar-refractivity contribution < 1.29 is 9.90 Å². The van der Waals surface area contributed by atoms with Gasteiger partial charge in [-0.3, -0.25) is 0 Å². The number of unbranched alkanes of at least 4 members (excludes halogenated alkanes) is 11. The summed E-state index contributed by atoms with van der Waals surface area (Å²) in [6.45, 7) is 7.22. The van der Waals surface area contributed by atoms with E-state index in [0.29, 0.717) is 0 Å². The molecule has 0 aliphatic heterocycles. The Balaban J connectivity index is 0. The third-order valence-electron chi connectivity index (χ3n) is 3.48. The largest absolute Gasteiger partial charge is 0.393 e. The van der Waals surface area contributed by atoms with Crippen molar-refractivity contribution in [3.63, 3.8) is 0 Å². The number of ketones is 1. The Bertz CT molecular complexity index is 196. The van der Waals surface area contributed by atoms with Crippen LogP contribution in [0.3, 0.4) is 0 Å². The first-order valence-electron chi connectivity index (χ1n) is 9.16. The predicted molar refractivity (Wildman–Crippen MR) is 93.7 cm³/mol. The van der Waals surface area contributed by atoms with Crippen molar-refractivity contribution in [2.75, 3.05) is 0 Å². The van der Waals surface area contributed by atoms with Gasteiger partial charge in [0.25, 0.3) is 0 Å². The van der Waals surface area contributed by atoms with Crippen molar-refractivity contribution >= 4 is 5.78 Å². The zero-order valence-corrected chi connectivity index (χ0v) is 15.1. The first-order chi connectivity index (χ1) is 10.0. The fraction of sp³-hybridized carbons (Fsp3) is 0.947. The first kappa shape index (κ1) is 22.9. The third-order valence-corrected chi connectivity index (χ3v) is 3.48. The number of aliphatic hydroxyl groups is 1. The minimum absolute atomic E-state index is 0.0990. The molecule has 0 aliphatic carbocycles. The van der Waals surface area contributed by atoms with Gasteiger partial charge in [-0.25, -0.2) is 0 Å². The van der Waals surface area contributed by atoms with Gasteiger partial charge in [0.15, 0.2) is 0 Å². The van der Waals surface area contributed by atoms with Gasteiger partial charge in [-0.05, 0) is 27.2 Å². The number of Topliss-reactive ketones (excluding diaryl/α,β-unsaturated/α-hetero) is 1. The maximum Gasteiger partial charge on any atom is 0.126 e. The zero-order valence-electron chi connectivity index (χ0n) is 15.1. The van der Waals surface area contributed by atoms with Crippen molar-refractivity contribution in [3.05, 3.63) is 0 Å². The van der Waals surface area contributed by atoms with Gasteiger partial charge in [-0.15, -0.1) is 0 Å². The highest BCUT2D eigenvalue weighted by atomic mass is 16.3. The van der Waals surface area contributed by atoms with Crippen molar-refractivity contribution in [2.24, 2.45) is 0 Å². The van der Waals surface area contributed by atoms with E-state index in [0.717, 1.165) is 6.42 Å². The van der Waals surface area contributed by atoms with Crippen molar-refractivity contribution in [2.45, 2.75) is 117 Å². The van der Waals surface area contributed by atoms with E-state index in [2.05, 4.69) is 6.92 Å². The fourth-order valence-corrected chi connectivity index (χ4v) is 2.28. The lowest BCUT2D eigenvalue weighted by molar-refractivity contribution is -0.114. The highest BCUT2D eigenvalue weighted by Gasteiger charge is 1.96. The summed E-state index contributed by atoms with van der Waals surface area (Å²) in [4.78, 5) is 9.44. The number of hydrogen-bond donors (Lipinski definition) is 1. The third kappa shape index (κ3) is 32.8. The maximum atomic E-state index is 9.44. The number of carbonyl (C=O) groups excluding carboxylic acids is 1. The van der Waals surface area contributed by atoms with Crippen LogP contribution in [0.25, 0.3) is 0 Å². The summed E-state index contributed by atoms with van der Waals surface area (Å²) < 4.78 is 0. The van der Waals surface area contributed by atoms with Crippen LogP contribution in [0.5, 0.6) is 0 Å². The molecular weight excluding hydrogens is 260 g/mol. The molecule has 0 saturated carbocycles. The maximum absolute atomic E-state index is 9.44. The van der Waals surface area contributed by atoms with Crippen LogP contribution >= 0.6 is 0 Å². The number of aliphatic hydroxyl groups excluding tert-OH is 1. The predicted octanol–water partition coefficient (Wildman–Crippen LogP) is 6.05. The van der Waals surface area contributed by atoms with Crippen LogP contribution in [-0.2, 0) is 4.79 Å². The summed E-state index contributed by atoms with van der Waals surface area (Å²) in [5.41, 5.74) is 0. The summed E-state index contributed by atoms with van der Waals surface area (Å²) in [7, 11) is 0. The van der Waals surface area contributed by atoms with Gasteiger partial charge in [0.05, 0.1) is 6.10 Å². The Hall–Kier alpha value is -0.370. The number of hydrogen-bond acceptors (Lipinski definition) is 2. The molecule has 1 atom stereocenters. The minimum Gasteiger partial charge on any atom is -0.393 e. The molecule has 2 nitrogen and oxygen atoms in total. The average molecular weight is 301 g/mol. The highest BCUT2D eigenvalue weighted by molar-refractivity contribution is 5.72. The van der Waals surface area contributed by atoms with Crippen molar-refractivity contribution in [1.82, 2.24) is 0 Å². The molecule has 0 bridgehead atoms. The van der Waals surface area contributed by atoms with E-state index in [1.54, 1.807) is 0 Å². The quantitative estimate of drug-likeness (QED) is 0.420. The molecule has 0 spiro atoms. The van der Waals surface area contributed by atoms with Crippen LogP contribution in [0.1, 0.15) is 111 Å². The molecule has 0 heterocycles. The van der Waals surface area contributed by atoms with E-state index in [1.165, 1.54) is 90.9 Å². The Morgan fingerprint density at radius 2 is 1.05 bits per heavy atom. The molecule has 1 unspecified atom stereocenters. The monoisotopic (exact) mass is 300 g/mol. The van der Waals surface area contributed by atoms with Gasteiger partial charge in [0, 0.05) is 0 Å². The van der Waals surface area contributed by atoms with Crippen LogP contribution in [0.15, 0.2) is 0 Å². The lowest BCUT2D eigenvalue weighted by atomic mass is 10.0. The Kier molecular flexibility index (Phi) is 21.4. The summed E-state index contributed by atoms with van der Waals surface area (Å²) in [6.07, 6.45) is 17.6. The summed E-state index contributed by atoms with van der Waals surface area (Å²) in [5.74, 6) is 0.167. The van der Waals surface area contributed by atoms with Gasteiger partial charge in [0.1, 0.15) is 5.78 Å². The summed E-state index contributed by atoms with van der Waals surface area (Å²) in [5, 5.41) is 9.11. The van der Waals surface area contributed by atoms with Crippen LogP contribution in [0.2, 0.25) is 0 Å². The lowest BCUT2D eigenvalue weighted by Crippen LogP contribution is -1.98. The molecule has 21 heavy (non-hydrogen) atoms. The van der Waals surface area contributed by atoms with E-state index < -0.39 is 0 Å². The molecule has 0 saturated heterocycles. The van der Waals surface area contributed by atoms with Crippen LogP contribution < -0.4 is 0 Å². The van der Waals surface area contributed by atoms with Gasteiger partial charge < -0.3 is 9.90 Å². The average Bonchev–Trinajstić information content (AvgIpc) is 2.39. The molecule has 0 aliphatic rings. The Labute approximate surface area is 133 Å². The highest BCUT2D eigenvalue weighted by Crippen LogP contribution is 2.12. The molecule has 2 heteroatoms. The number of carbonyl (C=O) groups is 1. The topological polar surface area (TPSA) is 37.3 Å². The minimum atomic E-state index is -0.0990. The van der Waals surface area contributed by atoms with Crippen LogP contribution in [0, 0.1) is 0 Å². The Morgan fingerprint density at radius 3 is 1.33 bits per heavy atom.